The van der Waals surface area contributed by atoms with Crippen LogP contribution in [0.25, 0.3) is 83.6 Å². The van der Waals surface area contributed by atoms with E-state index in [1.165, 1.54) is 44.0 Å². The number of furan rings is 1. The number of para-hydroxylation sites is 2. The predicted octanol–water partition coefficient (Wildman–Crippen LogP) is 15.4. The van der Waals surface area contributed by atoms with Gasteiger partial charge in [0.1, 0.15) is 5.58 Å². The van der Waals surface area contributed by atoms with Crippen molar-refractivity contribution in [1.82, 2.24) is 14.5 Å². The third-order valence-electron chi connectivity index (χ3n) is 13.8. The van der Waals surface area contributed by atoms with E-state index in [0.717, 1.165) is 61.2 Å². The molecule has 7 aromatic carbocycles. The van der Waals surface area contributed by atoms with Gasteiger partial charge < -0.3 is 4.98 Å². The van der Waals surface area contributed by atoms with Crippen LogP contribution in [0.4, 0.5) is 0 Å². The minimum absolute atomic E-state index is 0. The van der Waals surface area contributed by atoms with Crippen LogP contribution in [0.3, 0.4) is 0 Å². The van der Waals surface area contributed by atoms with Crippen molar-refractivity contribution in [3.63, 3.8) is 0 Å². The minimum atomic E-state index is -2.09. The first-order valence-electron chi connectivity index (χ1n) is 23.5. The van der Waals surface area contributed by atoms with E-state index in [9.17, 15) is 0 Å². The Labute approximate surface area is 415 Å². The molecule has 0 N–H and O–H groups in total. The van der Waals surface area contributed by atoms with Gasteiger partial charge in [0.2, 0.25) is 0 Å². The molecule has 3 aromatic heterocycles. The third-order valence-corrected chi connectivity index (χ3v) is 31.3. The molecule has 0 spiro atoms. The van der Waals surface area contributed by atoms with E-state index in [0.29, 0.717) is 0 Å². The maximum absolute atomic E-state index is 6.82. The number of nitrogens with zero attached hydrogens (tertiary/aromatic N) is 3. The molecule has 0 saturated heterocycles. The summed E-state index contributed by atoms with van der Waals surface area (Å²) in [6, 6.07) is 62.8. The van der Waals surface area contributed by atoms with Crippen LogP contribution in [-0.4, -0.2) is 41.1 Å². The maximum Gasteiger partial charge on any atom is 0.0160 e. The van der Waals surface area contributed by atoms with Crippen LogP contribution in [0, 0.1) is 12.1 Å². The summed E-state index contributed by atoms with van der Waals surface area (Å²) in [5, 5.41) is 5.13. The molecule has 0 unspecified atom stereocenters. The van der Waals surface area contributed by atoms with Gasteiger partial charge >= 0.3 is 250 Å². The van der Waals surface area contributed by atoms with Gasteiger partial charge in [0, 0.05) is 31.7 Å². The fourth-order valence-electron chi connectivity index (χ4n) is 9.97. The number of fused-ring (bicyclic) bond motifs is 5. The van der Waals surface area contributed by atoms with E-state index in [-0.39, 0.29) is 31.9 Å². The molecule has 11 rings (SSSR count). The van der Waals surface area contributed by atoms with E-state index in [2.05, 4.69) is 182 Å². The Bertz CT molecular complexity index is 3310. The average Bonchev–Trinajstić information content (AvgIpc) is 3.92. The normalized spacial score (nSPS) is 13.9. The number of imidazole rings is 1. The van der Waals surface area contributed by atoms with Crippen LogP contribution >= 0.6 is 0 Å². The van der Waals surface area contributed by atoms with Gasteiger partial charge in [0.05, 0.1) is 0 Å². The van der Waals surface area contributed by atoms with E-state index in [4.69, 9.17) is 9.40 Å². The van der Waals surface area contributed by atoms with Crippen molar-refractivity contribution in [1.29, 1.82) is 0 Å². The molecule has 0 bridgehead atoms. The van der Waals surface area contributed by atoms with Gasteiger partial charge in [-0.3, -0.25) is 0 Å². The molecular formula is C60H57Ge2IrN3O-2. The van der Waals surface area contributed by atoms with Gasteiger partial charge in [-0.2, -0.15) is 0 Å². The molecule has 0 fully saturated rings. The Morgan fingerprint density at radius 2 is 1.25 bits per heavy atom. The molecule has 0 amide bonds. The summed E-state index contributed by atoms with van der Waals surface area (Å²) in [4.78, 5) is 9.60. The summed E-state index contributed by atoms with van der Waals surface area (Å²) in [5.41, 5.74) is 15.5. The molecule has 10 aromatic rings. The molecule has 7 heteroatoms. The Kier molecular flexibility index (Phi) is 13.3. The van der Waals surface area contributed by atoms with Crippen molar-refractivity contribution in [3.05, 3.63) is 187 Å². The predicted molar refractivity (Wildman–Crippen MR) is 284 cm³/mol. The summed E-state index contributed by atoms with van der Waals surface area (Å²) in [5.74, 6) is 11.9. The monoisotopic (exact) mass is 1180 g/mol. The standard InChI is InChI=1S/C49H49Ge2N2O.C11H8N.Ir/c1-31(2)40-27-36(34-22-24-42-43(29-34)51(7,8)26-25-50(42,5)6)28-41(32(3)4)47(40)53-45-20-13-12-19-44(45)52-49(53)39-18-14-17-38-37-23-21-35(30-46(37)54-48(38)39)33-15-10-9-11-16-33;1-2-6-10(7-3-1)11-8-4-5-9-12-11;/h9-17,19-24,27-32H,25-26H2,1-8H3;1-6,8-9H;/q2*-1;. The van der Waals surface area contributed by atoms with Crippen LogP contribution in [-0.2, 0) is 20.1 Å². The van der Waals surface area contributed by atoms with Crippen LogP contribution in [0.15, 0.2) is 168 Å². The molecule has 1 aliphatic heterocycles. The smallest absolute Gasteiger partial charge is 0.0160 e. The second kappa shape index (κ2) is 19.0. The molecule has 1 radical (unpaired) electrons. The molecule has 4 heterocycles. The molecule has 0 atom stereocenters. The first-order valence-corrected chi connectivity index (χ1v) is 37.0. The topological polar surface area (TPSA) is 43.9 Å². The molecule has 67 heavy (non-hydrogen) atoms. The van der Waals surface area contributed by atoms with Gasteiger partial charge in [-0.25, -0.2) is 0 Å². The third kappa shape index (κ3) is 8.97. The Morgan fingerprint density at radius 3 is 1.96 bits per heavy atom. The molecule has 4 nitrogen and oxygen atoms in total. The first-order chi connectivity index (χ1) is 31.9. The summed E-state index contributed by atoms with van der Waals surface area (Å²) >= 11 is -4.08. The van der Waals surface area contributed by atoms with Crippen molar-refractivity contribution < 1.29 is 24.5 Å². The second-order valence-corrected chi connectivity index (χ2v) is 40.0. The Balaban J connectivity index is 0.000000375. The minimum Gasteiger partial charge on any atom is -0.305 e. The summed E-state index contributed by atoms with van der Waals surface area (Å²) in [7, 11) is 0. The van der Waals surface area contributed by atoms with E-state index in [1.54, 1.807) is 15.0 Å². The fraction of sp³-hybridized carbons (Fsp3) is 0.200. The number of aromatic nitrogens is 3. The summed E-state index contributed by atoms with van der Waals surface area (Å²) in [6.45, 7) is 9.35. The summed E-state index contributed by atoms with van der Waals surface area (Å²) in [6.07, 6.45) is 1.79. The average molecular weight is 1170 g/mol. The molecule has 337 valence electrons. The van der Waals surface area contributed by atoms with E-state index >= 15 is 0 Å². The van der Waals surface area contributed by atoms with Crippen molar-refractivity contribution in [2.24, 2.45) is 0 Å². The van der Waals surface area contributed by atoms with Crippen LogP contribution in [0.2, 0.25) is 33.5 Å². The van der Waals surface area contributed by atoms with Crippen molar-refractivity contribution >= 4 is 68.3 Å². The Morgan fingerprint density at radius 1 is 0.582 bits per heavy atom. The van der Waals surface area contributed by atoms with Gasteiger partial charge in [-0.05, 0) is 29.0 Å². The number of pyridine rings is 1. The number of rotatable bonds is 7. The largest absolute Gasteiger partial charge is 0.305 e. The number of hydrogen-bond donors (Lipinski definition) is 0. The number of hydrogen-bond acceptors (Lipinski definition) is 3. The molecular weight excluding hydrogens is 1120 g/mol. The van der Waals surface area contributed by atoms with Gasteiger partial charge in [0.15, 0.2) is 0 Å². The van der Waals surface area contributed by atoms with Gasteiger partial charge in [-0.1, -0.05) is 54.6 Å². The number of benzene rings is 7. The molecule has 1 aliphatic rings. The Hall–Kier alpha value is -5.30. The second-order valence-electron chi connectivity index (χ2n) is 19.9. The van der Waals surface area contributed by atoms with Gasteiger partial charge in [-0.15, -0.1) is 42.0 Å². The zero-order valence-electron chi connectivity index (χ0n) is 39.7. The van der Waals surface area contributed by atoms with Crippen LogP contribution in [0.5, 0.6) is 0 Å². The van der Waals surface area contributed by atoms with Crippen LogP contribution in [0.1, 0.15) is 50.7 Å². The van der Waals surface area contributed by atoms with E-state index in [1.807, 2.05) is 48.5 Å². The van der Waals surface area contributed by atoms with Gasteiger partial charge in [0.25, 0.3) is 0 Å². The van der Waals surface area contributed by atoms with Crippen molar-refractivity contribution in [3.8, 4) is 50.6 Å². The summed E-state index contributed by atoms with van der Waals surface area (Å²) < 4.78 is 12.8. The zero-order valence-corrected chi connectivity index (χ0v) is 46.3. The van der Waals surface area contributed by atoms with Crippen molar-refractivity contribution in [2.75, 3.05) is 0 Å². The molecule has 0 saturated carbocycles. The van der Waals surface area contributed by atoms with Crippen molar-refractivity contribution in [2.45, 2.75) is 73.1 Å². The quantitative estimate of drug-likeness (QED) is 0.118. The van der Waals surface area contributed by atoms with E-state index < -0.39 is 26.5 Å². The zero-order chi connectivity index (χ0) is 45.7. The first kappa shape index (κ1) is 46.8. The fourth-order valence-corrected chi connectivity index (χ4v) is 40.4. The SMILES string of the molecule is CC(C)c1cc(-c2cc[c]3[c](c2)[Ge]([CH3])([CH3])[CH2][CH2][Ge]3([CH3])[CH3])cc(C(C)C)c1-n1c(-c2[c-]ccc3c2oc2cc(-c4ccccc4)ccc23)nc2ccccc21.[Ir].[c-]1ccccc1-c1ccccn1. The molecule has 0 aliphatic carbocycles. The van der Waals surface area contributed by atoms with Crippen LogP contribution < -0.4 is 8.79 Å². The maximum atomic E-state index is 6.82.